The fraction of sp³-hybridized carbons (Fsp3) is 0.407. The molecule has 1 aromatic carbocycles. The van der Waals surface area contributed by atoms with Crippen molar-refractivity contribution < 1.29 is 24.2 Å². The lowest BCUT2D eigenvalue weighted by molar-refractivity contribution is -0.189. The first-order valence-electron chi connectivity index (χ1n) is 12.3. The van der Waals surface area contributed by atoms with Crippen LogP contribution in [0, 0.1) is 0 Å². The molecule has 0 amide bonds. The van der Waals surface area contributed by atoms with Crippen molar-refractivity contribution in [1.82, 2.24) is 9.55 Å². The fourth-order valence-electron chi connectivity index (χ4n) is 5.30. The summed E-state index contributed by atoms with van der Waals surface area (Å²) in [5.74, 6) is -1.11. The number of carbonyl (C=O) groups is 2. The number of esters is 2. The number of aromatic nitrogens is 2. The van der Waals surface area contributed by atoms with Crippen LogP contribution < -0.4 is 11.3 Å². The molecule has 0 bridgehead atoms. The van der Waals surface area contributed by atoms with E-state index in [9.17, 15) is 19.5 Å². The highest BCUT2D eigenvalue weighted by Crippen LogP contribution is 2.42. The van der Waals surface area contributed by atoms with Gasteiger partial charge in [-0.2, -0.15) is 0 Å². The van der Waals surface area contributed by atoms with Crippen LogP contribution in [0.5, 0.6) is 5.75 Å². The maximum atomic E-state index is 13.7. The highest BCUT2D eigenvalue weighted by atomic mass is 35.5. The summed E-state index contributed by atoms with van der Waals surface area (Å²) in [6.45, 7) is 5.66. The normalized spacial score (nSPS) is 18.3. The van der Waals surface area contributed by atoms with Crippen molar-refractivity contribution in [2.75, 3.05) is 0 Å². The second-order valence-corrected chi connectivity index (χ2v) is 9.53. The Morgan fingerprint density at radius 1 is 1.27 bits per heavy atom. The average Bonchev–Trinajstić information content (AvgIpc) is 3.22. The maximum absolute atomic E-state index is 13.7. The first-order valence-corrected chi connectivity index (χ1v) is 12.3. The number of rotatable bonds is 6. The van der Waals surface area contributed by atoms with Gasteiger partial charge in [-0.25, -0.2) is 9.78 Å². The number of pyridine rings is 2. The third-order valence-corrected chi connectivity index (χ3v) is 7.20. The minimum Gasteiger partial charge on any atom is -0.508 e. The molecule has 2 aliphatic rings. The van der Waals surface area contributed by atoms with Crippen molar-refractivity contribution in [3.63, 3.8) is 0 Å². The minimum atomic E-state index is -1.71. The van der Waals surface area contributed by atoms with Gasteiger partial charge in [-0.15, -0.1) is 12.4 Å². The molecular formula is C27H30ClN3O6. The zero-order valence-corrected chi connectivity index (χ0v) is 21.8. The molecule has 0 fully saturated rings. The van der Waals surface area contributed by atoms with Crippen LogP contribution in [0.1, 0.15) is 62.3 Å². The van der Waals surface area contributed by atoms with Crippen molar-refractivity contribution in [3.05, 3.63) is 56.9 Å². The molecule has 10 heteroatoms. The van der Waals surface area contributed by atoms with Gasteiger partial charge >= 0.3 is 11.9 Å². The van der Waals surface area contributed by atoms with E-state index in [2.05, 4.69) is 0 Å². The molecule has 0 aliphatic carbocycles. The van der Waals surface area contributed by atoms with E-state index in [4.69, 9.17) is 20.2 Å². The summed E-state index contributed by atoms with van der Waals surface area (Å²) in [4.78, 5) is 44.3. The van der Waals surface area contributed by atoms with E-state index < -0.39 is 17.5 Å². The summed E-state index contributed by atoms with van der Waals surface area (Å²) < 4.78 is 12.8. The Morgan fingerprint density at radius 2 is 2.03 bits per heavy atom. The average molecular weight is 528 g/mol. The third kappa shape index (κ3) is 4.16. The number of halogens is 1. The lowest BCUT2D eigenvalue weighted by atomic mass is 9.85. The molecule has 2 aromatic heterocycles. The minimum absolute atomic E-state index is 0. The third-order valence-electron chi connectivity index (χ3n) is 7.20. The Hall–Kier alpha value is -3.43. The van der Waals surface area contributed by atoms with Crippen LogP contribution >= 0.6 is 12.4 Å². The molecule has 0 unspecified atom stereocenters. The van der Waals surface area contributed by atoms with Gasteiger partial charge in [0.1, 0.15) is 12.4 Å². The molecule has 4 heterocycles. The first-order chi connectivity index (χ1) is 17.2. The van der Waals surface area contributed by atoms with Crippen LogP contribution in [-0.2, 0) is 44.2 Å². The Labute approximate surface area is 220 Å². The number of fused-ring (bicyclic) bond motifs is 5. The number of carbonyl (C=O) groups excluding carboxylic acids is 2. The number of aromatic hydroxyl groups is 1. The largest absolute Gasteiger partial charge is 0.508 e. The number of hydrogen-bond donors (Lipinski definition) is 2. The van der Waals surface area contributed by atoms with Crippen LogP contribution in [0.3, 0.4) is 0 Å². The van der Waals surface area contributed by atoms with Gasteiger partial charge < -0.3 is 24.9 Å². The maximum Gasteiger partial charge on any atom is 0.355 e. The molecule has 3 aromatic rings. The monoisotopic (exact) mass is 527 g/mol. The first kappa shape index (κ1) is 26.6. The molecule has 5 rings (SSSR count). The van der Waals surface area contributed by atoms with E-state index >= 15 is 0 Å². The van der Waals surface area contributed by atoms with Gasteiger partial charge in [-0.05, 0) is 56.0 Å². The standard InChI is InChI=1S/C27H29N3O6.ClH/c1-4-16-17-10-15(31)7-8-21(17)29-24-18(16)12-30-22(24)11-20-19(25(30)33)13-35-26(34)27(20,5-2)36-23(32)9-6-14(3)28;/h7-8,10-11,14,31H,4-6,9,12-13,28H2,1-3H3;1H/t14-,27-;/m0./s1. The van der Waals surface area contributed by atoms with Gasteiger partial charge in [0, 0.05) is 29.0 Å². The molecule has 0 radical (unpaired) electrons. The molecule has 3 N–H and O–H groups in total. The number of hydrogen-bond acceptors (Lipinski definition) is 8. The molecule has 9 nitrogen and oxygen atoms in total. The van der Waals surface area contributed by atoms with Crippen molar-refractivity contribution in [2.24, 2.45) is 5.73 Å². The van der Waals surface area contributed by atoms with E-state index in [1.165, 1.54) is 0 Å². The second kappa shape index (κ2) is 9.79. The number of phenols is 1. The zero-order chi connectivity index (χ0) is 25.8. The highest BCUT2D eigenvalue weighted by molar-refractivity contribution is 5.90. The highest BCUT2D eigenvalue weighted by Gasteiger charge is 2.50. The molecule has 0 spiro atoms. The van der Waals surface area contributed by atoms with E-state index in [0.717, 1.165) is 16.5 Å². The van der Waals surface area contributed by atoms with Gasteiger partial charge in [-0.3, -0.25) is 9.59 Å². The van der Waals surface area contributed by atoms with E-state index in [1.807, 2.05) is 6.92 Å². The summed E-state index contributed by atoms with van der Waals surface area (Å²) in [5, 5.41) is 10.9. The lowest BCUT2D eigenvalue weighted by Gasteiger charge is -2.35. The Kier molecular flexibility index (Phi) is 7.05. The van der Waals surface area contributed by atoms with E-state index in [1.54, 1.807) is 42.7 Å². The number of nitrogens with zero attached hydrogens (tertiary/aromatic N) is 2. The number of aryl methyl sites for hydroxylation is 1. The van der Waals surface area contributed by atoms with Crippen LogP contribution in [0.25, 0.3) is 22.3 Å². The number of benzene rings is 1. The van der Waals surface area contributed by atoms with Gasteiger partial charge in [-0.1, -0.05) is 13.8 Å². The summed E-state index contributed by atoms with van der Waals surface area (Å²) in [7, 11) is 0. The van der Waals surface area contributed by atoms with Crippen LogP contribution in [0.2, 0.25) is 0 Å². The molecule has 2 atom stereocenters. The Balaban J connectivity index is 0.00000320. The van der Waals surface area contributed by atoms with Gasteiger partial charge in [0.2, 0.25) is 5.60 Å². The Morgan fingerprint density at radius 3 is 2.70 bits per heavy atom. The van der Waals surface area contributed by atoms with Crippen molar-refractivity contribution in [2.45, 2.75) is 71.2 Å². The van der Waals surface area contributed by atoms with E-state index in [0.29, 0.717) is 47.4 Å². The predicted molar refractivity (Wildman–Crippen MR) is 140 cm³/mol. The van der Waals surface area contributed by atoms with Gasteiger partial charge in [0.25, 0.3) is 5.56 Å². The molecule has 37 heavy (non-hydrogen) atoms. The van der Waals surface area contributed by atoms with Gasteiger partial charge in [0.15, 0.2) is 0 Å². The zero-order valence-electron chi connectivity index (χ0n) is 21.0. The van der Waals surface area contributed by atoms with Crippen molar-refractivity contribution >= 4 is 35.2 Å². The van der Waals surface area contributed by atoms with Crippen LogP contribution in [0.15, 0.2) is 29.1 Å². The molecular weight excluding hydrogens is 498 g/mol. The molecule has 196 valence electrons. The van der Waals surface area contributed by atoms with Crippen LogP contribution in [-0.4, -0.2) is 32.6 Å². The van der Waals surface area contributed by atoms with E-state index in [-0.39, 0.29) is 49.2 Å². The van der Waals surface area contributed by atoms with Gasteiger partial charge in [0.05, 0.1) is 29.0 Å². The summed E-state index contributed by atoms with van der Waals surface area (Å²) in [6.07, 6.45) is 1.26. The number of phenolic OH excluding ortho intramolecular Hbond substituents is 1. The number of nitrogens with two attached hydrogens (primary N) is 1. The predicted octanol–water partition coefficient (Wildman–Crippen LogP) is 3.45. The summed E-state index contributed by atoms with van der Waals surface area (Å²) >= 11 is 0. The SMILES string of the molecule is CCc1c2c(nc3ccc(O)cc13)-c1cc3c(c(=O)n1C2)COC(=O)[C@@]3(CC)OC(=O)CC[C@H](C)N.Cl. The number of ether oxygens (including phenoxy) is 2. The lowest BCUT2D eigenvalue weighted by Crippen LogP contribution is -2.47. The smallest absolute Gasteiger partial charge is 0.355 e. The Bertz CT molecular complexity index is 1480. The van der Waals surface area contributed by atoms with Crippen LogP contribution in [0.4, 0.5) is 0 Å². The molecule has 0 saturated carbocycles. The summed E-state index contributed by atoms with van der Waals surface area (Å²) in [5.41, 5.74) is 8.24. The fourth-order valence-corrected chi connectivity index (χ4v) is 5.30. The molecule has 2 aliphatic heterocycles. The topological polar surface area (TPSA) is 134 Å². The summed E-state index contributed by atoms with van der Waals surface area (Å²) in [6, 6.07) is 6.58. The van der Waals surface area contributed by atoms with Crippen molar-refractivity contribution in [1.29, 1.82) is 0 Å². The quantitative estimate of drug-likeness (QED) is 0.364. The molecule has 0 saturated heterocycles. The van der Waals surface area contributed by atoms with Crippen molar-refractivity contribution in [3.8, 4) is 17.1 Å². The number of cyclic esters (lactones) is 1. The second-order valence-electron chi connectivity index (χ2n) is 9.53.